The summed E-state index contributed by atoms with van der Waals surface area (Å²) in [6.45, 7) is 2.19. The van der Waals surface area contributed by atoms with Crippen LogP contribution in [0.15, 0.2) is 12.4 Å². The number of hydrogen-bond donors (Lipinski definition) is 0. The number of nitrogens with zero attached hydrogens (tertiary/aromatic N) is 5. The van der Waals surface area contributed by atoms with E-state index in [1.54, 1.807) is 0 Å². The molecule has 1 saturated carbocycles. The Bertz CT molecular complexity index is 566. The van der Waals surface area contributed by atoms with E-state index in [0.717, 1.165) is 30.4 Å². The van der Waals surface area contributed by atoms with Crippen molar-refractivity contribution in [2.75, 3.05) is 18.0 Å². The molecule has 1 aliphatic heterocycles. The molecule has 0 aromatic carbocycles. The van der Waals surface area contributed by atoms with Gasteiger partial charge in [-0.1, -0.05) is 0 Å². The first-order valence-electron chi connectivity index (χ1n) is 6.88. The summed E-state index contributed by atoms with van der Waals surface area (Å²) >= 11 is 0. The molecule has 2 aromatic rings. The second kappa shape index (κ2) is 3.93. The van der Waals surface area contributed by atoms with Crippen LogP contribution < -0.4 is 4.90 Å². The topological polar surface area (TPSA) is 46.3 Å². The molecule has 0 spiro atoms. The predicted octanol–water partition coefficient (Wildman–Crippen LogP) is 1.99. The van der Waals surface area contributed by atoms with Gasteiger partial charge in [0, 0.05) is 31.4 Å². The second-order valence-corrected chi connectivity index (χ2v) is 5.32. The Morgan fingerprint density at radius 3 is 2.67 bits per heavy atom. The van der Waals surface area contributed by atoms with Crippen LogP contribution in [0.2, 0.25) is 0 Å². The van der Waals surface area contributed by atoms with Crippen LogP contribution in [-0.2, 0) is 0 Å². The highest BCUT2D eigenvalue weighted by atomic mass is 15.3. The first kappa shape index (κ1) is 10.3. The van der Waals surface area contributed by atoms with Gasteiger partial charge in [-0.3, -0.25) is 4.40 Å². The van der Waals surface area contributed by atoms with E-state index < -0.39 is 0 Å². The van der Waals surface area contributed by atoms with Gasteiger partial charge in [0.15, 0.2) is 5.82 Å². The third-order valence-corrected chi connectivity index (χ3v) is 3.93. The van der Waals surface area contributed by atoms with E-state index in [4.69, 9.17) is 0 Å². The first-order valence-corrected chi connectivity index (χ1v) is 6.88. The average molecular weight is 243 g/mol. The predicted molar refractivity (Wildman–Crippen MR) is 68.8 cm³/mol. The molecule has 1 saturated heterocycles. The molecule has 4 rings (SSSR count). The number of aromatic nitrogens is 4. The fourth-order valence-corrected chi connectivity index (χ4v) is 2.78. The average Bonchev–Trinajstić information content (AvgIpc) is 3.19. The minimum Gasteiger partial charge on any atom is -0.353 e. The minimum absolute atomic E-state index is 0.622. The van der Waals surface area contributed by atoms with Gasteiger partial charge in [-0.05, 0) is 32.1 Å². The number of rotatable bonds is 2. The van der Waals surface area contributed by atoms with E-state index in [1.165, 1.54) is 32.1 Å². The molecule has 18 heavy (non-hydrogen) atoms. The maximum absolute atomic E-state index is 4.53. The first-order chi connectivity index (χ1) is 8.93. The van der Waals surface area contributed by atoms with Crippen LogP contribution >= 0.6 is 0 Å². The number of hydrogen-bond acceptors (Lipinski definition) is 4. The fourth-order valence-electron chi connectivity index (χ4n) is 2.78. The van der Waals surface area contributed by atoms with Crippen molar-refractivity contribution in [3.8, 4) is 0 Å². The molecule has 0 atom stereocenters. The Morgan fingerprint density at radius 1 is 1.06 bits per heavy atom. The summed E-state index contributed by atoms with van der Waals surface area (Å²) in [4.78, 5) is 6.88. The highest BCUT2D eigenvalue weighted by Gasteiger charge is 2.29. The van der Waals surface area contributed by atoms with Crippen molar-refractivity contribution < 1.29 is 0 Å². The summed E-state index contributed by atoms with van der Waals surface area (Å²) in [6, 6.07) is 0. The Kier molecular flexibility index (Phi) is 2.25. The summed E-state index contributed by atoms with van der Waals surface area (Å²) in [6.07, 6.45) is 10.2. The van der Waals surface area contributed by atoms with Gasteiger partial charge in [-0.15, -0.1) is 10.2 Å². The van der Waals surface area contributed by atoms with Gasteiger partial charge in [0.2, 0.25) is 5.65 Å². The van der Waals surface area contributed by atoms with Gasteiger partial charge in [0.25, 0.3) is 0 Å². The van der Waals surface area contributed by atoms with Crippen molar-refractivity contribution in [2.24, 2.45) is 0 Å². The summed E-state index contributed by atoms with van der Waals surface area (Å²) in [5, 5.41) is 8.72. The maximum atomic E-state index is 4.53. The molecule has 1 aliphatic carbocycles. The van der Waals surface area contributed by atoms with Crippen LogP contribution in [0, 0.1) is 0 Å². The van der Waals surface area contributed by atoms with E-state index in [9.17, 15) is 0 Å². The zero-order chi connectivity index (χ0) is 11.9. The summed E-state index contributed by atoms with van der Waals surface area (Å²) in [7, 11) is 0. The van der Waals surface area contributed by atoms with Gasteiger partial charge in [0.05, 0.1) is 0 Å². The standard InChI is InChI=1S/C13H17N5/c1-2-7-17(8-3-1)12-13-16-15-11(10-4-5-10)18(13)9-6-14-12/h6,9-10H,1-5,7-8H2. The fraction of sp³-hybridized carbons (Fsp3) is 0.615. The monoisotopic (exact) mass is 243 g/mol. The van der Waals surface area contributed by atoms with Crippen molar-refractivity contribution in [1.29, 1.82) is 0 Å². The van der Waals surface area contributed by atoms with Crippen LogP contribution in [0.25, 0.3) is 5.65 Å². The van der Waals surface area contributed by atoms with E-state index in [2.05, 4.69) is 24.5 Å². The Hall–Kier alpha value is -1.65. The molecule has 2 aromatic heterocycles. The maximum Gasteiger partial charge on any atom is 0.203 e. The highest BCUT2D eigenvalue weighted by molar-refractivity contribution is 5.64. The lowest BCUT2D eigenvalue weighted by Crippen LogP contribution is -2.30. The van der Waals surface area contributed by atoms with E-state index in [0.29, 0.717) is 5.92 Å². The molecule has 0 amide bonds. The molecule has 3 heterocycles. The number of piperidine rings is 1. The lowest BCUT2D eigenvalue weighted by Gasteiger charge is -2.27. The van der Waals surface area contributed by atoms with Crippen molar-refractivity contribution in [3.63, 3.8) is 0 Å². The highest BCUT2D eigenvalue weighted by Crippen LogP contribution is 2.39. The van der Waals surface area contributed by atoms with E-state index >= 15 is 0 Å². The SMILES string of the molecule is c1cn2c(C3CC3)nnc2c(N2CCCCC2)n1. The normalized spacial score (nSPS) is 20.6. The van der Waals surface area contributed by atoms with Gasteiger partial charge >= 0.3 is 0 Å². The molecule has 0 radical (unpaired) electrons. The minimum atomic E-state index is 0.622. The van der Waals surface area contributed by atoms with Gasteiger partial charge in [0.1, 0.15) is 5.82 Å². The third-order valence-electron chi connectivity index (χ3n) is 3.93. The Labute approximate surface area is 106 Å². The molecule has 2 fully saturated rings. The Balaban J connectivity index is 1.80. The summed E-state index contributed by atoms with van der Waals surface area (Å²) in [5.41, 5.74) is 0.932. The van der Waals surface area contributed by atoms with Gasteiger partial charge in [-0.25, -0.2) is 4.98 Å². The molecule has 0 bridgehead atoms. The molecule has 5 heteroatoms. The smallest absolute Gasteiger partial charge is 0.203 e. The van der Waals surface area contributed by atoms with Crippen LogP contribution in [0.5, 0.6) is 0 Å². The lowest BCUT2D eigenvalue weighted by atomic mass is 10.1. The summed E-state index contributed by atoms with van der Waals surface area (Å²) in [5.74, 6) is 2.75. The van der Waals surface area contributed by atoms with Crippen LogP contribution in [0.4, 0.5) is 5.82 Å². The van der Waals surface area contributed by atoms with Crippen LogP contribution in [-0.4, -0.2) is 32.7 Å². The van der Waals surface area contributed by atoms with Crippen molar-refractivity contribution in [3.05, 3.63) is 18.2 Å². The van der Waals surface area contributed by atoms with E-state index in [1.807, 2.05) is 12.4 Å². The third kappa shape index (κ3) is 1.57. The molecular formula is C13H17N5. The molecular weight excluding hydrogens is 226 g/mol. The van der Waals surface area contributed by atoms with Crippen LogP contribution in [0.1, 0.15) is 43.8 Å². The summed E-state index contributed by atoms with van der Waals surface area (Å²) < 4.78 is 2.13. The zero-order valence-electron chi connectivity index (χ0n) is 10.4. The molecule has 2 aliphatic rings. The van der Waals surface area contributed by atoms with Crippen molar-refractivity contribution in [1.82, 2.24) is 19.6 Å². The molecule has 0 unspecified atom stereocenters. The molecule has 5 nitrogen and oxygen atoms in total. The largest absolute Gasteiger partial charge is 0.353 e. The zero-order valence-corrected chi connectivity index (χ0v) is 10.4. The lowest BCUT2D eigenvalue weighted by molar-refractivity contribution is 0.573. The van der Waals surface area contributed by atoms with Crippen molar-refractivity contribution >= 4 is 11.5 Å². The number of fused-ring (bicyclic) bond motifs is 1. The van der Waals surface area contributed by atoms with Crippen LogP contribution in [0.3, 0.4) is 0 Å². The molecule has 94 valence electrons. The quantitative estimate of drug-likeness (QED) is 0.809. The Morgan fingerprint density at radius 2 is 1.89 bits per heavy atom. The second-order valence-electron chi connectivity index (χ2n) is 5.32. The van der Waals surface area contributed by atoms with Crippen molar-refractivity contribution in [2.45, 2.75) is 38.0 Å². The number of anilines is 1. The van der Waals surface area contributed by atoms with Gasteiger partial charge in [-0.2, -0.15) is 0 Å². The van der Waals surface area contributed by atoms with Gasteiger partial charge < -0.3 is 4.90 Å². The molecule has 0 N–H and O–H groups in total. The van der Waals surface area contributed by atoms with E-state index in [-0.39, 0.29) is 0 Å².